The molecule has 0 aliphatic carbocycles. The molecule has 0 spiro atoms. The maximum Gasteiger partial charge on any atom is 0.236 e. The molecule has 0 aromatic heterocycles. The SMILES string of the molecule is CC(C)(C)C(=O)N1C(=O)CCCC1F. The lowest BCUT2D eigenvalue weighted by Gasteiger charge is -2.33. The normalized spacial score (nSPS) is 23.9. The third-order valence-electron chi connectivity index (χ3n) is 2.24. The fraction of sp³-hybridized carbons (Fsp3) is 0.800. The number of likely N-dealkylation sites (tertiary alicyclic amines) is 1. The van der Waals surface area contributed by atoms with Crippen molar-refractivity contribution in [3.05, 3.63) is 0 Å². The molecular formula is C10H16FNO2. The summed E-state index contributed by atoms with van der Waals surface area (Å²) in [5.74, 6) is -0.807. The van der Waals surface area contributed by atoms with Crippen molar-refractivity contribution in [3.8, 4) is 0 Å². The van der Waals surface area contributed by atoms with Crippen LogP contribution in [0.25, 0.3) is 0 Å². The second-order valence-electron chi connectivity index (χ2n) is 4.65. The number of piperidine rings is 1. The summed E-state index contributed by atoms with van der Waals surface area (Å²) >= 11 is 0. The van der Waals surface area contributed by atoms with Gasteiger partial charge in [-0.15, -0.1) is 0 Å². The average molecular weight is 201 g/mol. The van der Waals surface area contributed by atoms with Crippen LogP contribution < -0.4 is 0 Å². The summed E-state index contributed by atoms with van der Waals surface area (Å²) in [6.45, 7) is 5.05. The van der Waals surface area contributed by atoms with Gasteiger partial charge in [-0.25, -0.2) is 9.29 Å². The maximum absolute atomic E-state index is 13.4. The zero-order chi connectivity index (χ0) is 10.9. The largest absolute Gasteiger partial charge is 0.274 e. The number of amides is 2. The Morgan fingerprint density at radius 3 is 2.50 bits per heavy atom. The quantitative estimate of drug-likeness (QED) is 0.561. The van der Waals surface area contributed by atoms with E-state index in [1.165, 1.54) is 0 Å². The van der Waals surface area contributed by atoms with Crippen LogP contribution in [0.4, 0.5) is 4.39 Å². The van der Waals surface area contributed by atoms with Crippen LogP contribution in [0.5, 0.6) is 0 Å². The Morgan fingerprint density at radius 1 is 1.50 bits per heavy atom. The molecule has 3 nitrogen and oxygen atoms in total. The van der Waals surface area contributed by atoms with Gasteiger partial charge in [-0.3, -0.25) is 9.59 Å². The molecule has 4 heteroatoms. The van der Waals surface area contributed by atoms with E-state index in [-0.39, 0.29) is 18.7 Å². The fourth-order valence-electron chi connectivity index (χ4n) is 1.43. The van der Waals surface area contributed by atoms with E-state index in [1.807, 2.05) is 0 Å². The number of carbonyl (C=O) groups is 2. The summed E-state index contributed by atoms with van der Waals surface area (Å²) in [5.41, 5.74) is -0.697. The van der Waals surface area contributed by atoms with E-state index in [0.717, 1.165) is 4.90 Å². The van der Waals surface area contributed by atoms with Gasteiger partial charge in [0.05, 0.1) is 0 Å². The van der Waals surface area contributed by atoms with Gasteiger partial charge in [0.15, 0.2) is 6.30 Å². The topological polar surface area (TPSA) is 37.4 Å². The van der Waals surface area contributed by atoms with Gasteiger partial charge in [0, 0.05) is 11.8 Å². The highest BCUT2D eigenvalue weighted by Crippen LogP contribution is 2.25. The summed E-state index contributed by atoms with van der Waals surface area (Å²) in [5, 5.41) is 0. The van der Waals surface area contributed by atoms with Gasteiger partial charge >= 0.3 is 0 Å². The van der Waals surface area contributed by atoms with Crippen LogP contribution in [0.1, 0.15) is 40.0 Å². The van der Waals surface area contributed by atoms with Gasteiger partial charge in [0.1, 0.15) is 0 Å². The number of nitrogens with zero attached hydrogens (tertiary/aromatic N) is 1. The van der Waals surface area contributed by atoms with E-state index in [9.17, 15) is 14.0 Å². The number of rotatable bonds is 0. The minimum atomic E-state index is -1.43. The third-order valence-corrected chi connectivity index (χ3v) is 2.24. The molecule has 0 aromatic carbocycles. The molecule has 0 saturated carbocycles. The van der Waals surface area contributed by atoms with Gasteiger partial charge in [-0.05, 0) is 12.8 Å². The zero-order valence-corrected chi connectivity index (χ0v) is 8.84. The Hall–Kier alpha value is -0.930. The minimum Gasteiger partial charge on any atom is -0.274 e. The lowest BCUT2D eigenvalue weighted by atomic mass is 9.93. The van der Waals surface area contributed by atoms with Crippen molar-refractivity contribution in [2.75, 3.05) is 0 Å². The van der Waals surface area contributed by atoms with E-state index in [4.69, 9.17) is 0 Å². The number of carbonyl (C=O) groups excluding carboxylic acids is 2. The molecule has 2 amide bonds. The molecule has 1 rings (SSSR count). The van der Waals surface area contributed by atoms with Gasteiger partial charge in [0.2, 0.25) is 11.8 Å². The molecule has 1 aliphatic rings. The van der Waals surface area contributed by atoms with E-state index in [2.05, 4.69) is 0 Å². The van der Waals surface area contributed by atoms with Crippen molar-refractivity contribution in [1.29, 1.82) is 0 Å². The van der Waals surface area contributed by atoms with E-state index < -0.39 is 17.6 Å². The summed E-state index contributed by atoms with van der Waals surface area (Å²) in [6, 6.07) is 0. The van der Waals surface area contributed by atoms with Gasteiger partial charge in [-0.2, -0.15) is 0 Å². The standard InChI is InChI=1S/C10H16FNO2/c1-10(2,3)9(14)12-7(11)5-4-6-8(12)13/h7H,4-6H2,1-3H3. The lowest BCUT2D eigenvalue weighted by Crippen LogP contribution is -2.49. The molecule has 0 N–H and O–H groups in total. The molecule has 1 heterocycles. The molecule has 80 valence electrons. The molecular weight excluding hydrogens is 185 g/mol. The number of halogens is 1. The second-order valence-corrected chi connectivity index (χ2v) is 4.65. The van der Waals surface area contributed by atoms with Crippen molar-refractivity contribution >= 4 is 11.8 Å². The first-order valence-corrected chi connectivity index (χ1v) is 4.84. The van der Waals surface area contributed by atoms with E-state index in [1.54, 1.807) is 20.8 Å². The van der Waals surface area contributed by atoms with Crippen LogP contribution >= 0.6 is 0 Å². The monoisotopic (exact) mass is 201 g/mol. The van der Waals surface area contributed by atoms with Crippen molar-refractivity contribution in [2.24, 2.45) is 5.41 Å². The van der Waals surface area contributed by atoms with Crippen molar-refractivity contribution in [3.63, 3.8) is 0 Å². The van der Waals surface area contributed by atoms with Crippen LogP contribution in [0.3, 0.4) is 0 Å². The van der Waals surface area contributed by atoms with Crippen molar-refractivity contribution in [2.45, 2.75) is 46.3 Å². The molecule has 0 radical (unpaired) electrons. The molecule has 1 unspecified atom stereocenters. The van der Waals surface area contributed by atoms with Crippen LogP contribution in [-0.4, -0.2) is 23.0 Å². The van der Waals surface area contributed by atoms with Crippen LogP contribution in [0.15, 0.2) is 0 Å². The predicted octanol–water partition coefficient (Wildman–Crippen LogP) is 1.87. The Morgan fingerprint density at radius 2 is 2.07 bits per heavy atom. The molecule has 1 saturated heterocycles. The highest BCUT2D eigenvalue weighted by Gasteiger charge is 2.38. The Labute approximate surface area is 83.3 Å². The number of alkyl halides is 1. The smallest absolute Gasteiger partial charge is 0.236 e. The molecule has 1 fully saturated rings. The summed E-state index contributed by atoms with van der Waals surface area (Å²) < 4.78 is 13.4. The Kier molecular flexibility index (Phi) is 2.92. The number of imide groups is 1. The highest BCUT2D eigenvalue weighted by molar-refractivity contribution is 5.98. The molecule has 14 heavy (non-hydrogen) atoms. The van der Waals surface area contributed by atoms with Crippen molar-refractivity contribution < 1.29 is 14.0 Å². The summed E-state index contributed by atoms with van der Waals surface area (Å²) in [7, 11) is 0. The second kappa shape index (κ2) is 3.67. The summed E-state index contributed by atoms with van der Waals surface area (Å²) in [6.07, 6.45) is -0.341. The first kappa shape index (κ1) is 11.1. The maximum atomic E-state index is 13.4. The number of hydrogen-bond donors (Lipinski definition) is 0. The molecule has 0 aromatic rings. The minimum absolute atomic E-state index is 0.271. The Bertz CT molecular complexity index is 257. The van der Waals surface area contributed by atoms with E-state index >= 15 is 0 Å². The van der Waals surface area contributed by atoms with Gasteiger partial charge in [0.25, 0.3) is 0 Å². The zero-order valence-electron chi connectivity index (χ0n) is 8.84. The predicted molar refractivity (Wildman–Crippen MR) is 50.1 cm³/mol. The van der Waals surface area contributed by atoms with Crippen molar-refractivity contribution in [1.82, 2.24) is 4.90 Å². The first-order chi connectivity index (χ1) is 6.34. The van der Waals surface area contributed by atoms with Crippen LogP contribution in [-0.2, 0) is 9.59 Å². The van der Waals surface area contributed by atoms with Crippen LogP contribution in [0.2, 0.25) is 0 Å². The van der Waals surface area contributed by atoms with Crippen LogP contribution in [0, 0.1) is 5.41 Å². The average Bonchev–Trinajstić information content (AvgIpc) is 2.01. The molecule has 1 aliphatic heterocycles. The Balaban J connectivity index is 2.83. The number of hydrogen-bond acceptors (Lipinski definition) is 2. The fourth-order valence-corrected chi connectivity index (χ4v) is 1.43. The van der Waals surface area contributed by atoms with E-state index in [0.29, 0.717) is 6.42 Å². The summed E-state index contributed by atoms with van der Waals surface area (Å²) in [4.78, 5) is 23.8. The van der Waals surface area contributed by atoms with Gasteiger partial charge in [-0.1, -0.05) is 20.8 Å². The van der Waals surface area contributed by atoms with Gasteiger partial charge < -0.3 is 0 Å². The highest BCUT2D eigenvalue weighted by atomic mass is 19.1. The first-order valence-electron chi connectivity index (χ1n) is 4.84. The third kappa shape index (κ3) is 2.11. The lowest BCUT2D eigenvalue weighted by molar-refractivity contribution is -0.160. The molecule has 0 bridgehead atoms. The molecule has 1 atom stereocenters.